The van der Waals surface area contributed by atoms with E-state index in [9.17, 15) is 0 Å². The van der Waals surface area contributed by atoms with Crippen LogP contribution >= 0.6 is 0 Å². The summed E-state index contributed by atoms with van der Waals surface area (Å²) in [5.41, 5.74) is 1.39. The number of rotatable bonds is 5. The van der Waals surface area contributed by atoms with Crippen molar-refractivity contribution in [1.29, 1.82) is 0 Å². The maximum Gasteiger partial charge on any atom is 0.209 e. The number of nitrogens with zero attached hydrogens (tertiary/aromatic N) is 3. The summed E-state index contributed by atoms with van der Waals surface area (Å²) in [5, 5.41) is 0. The van der Waals surface area contributed by atoms with Crippen molar-refractivity contribution in [2.24, 2.45) is 21.8 Å². The van der Waals surface area contributed by atoms with Gasteiger partial charge in [0.25, 0.3) is 0 Å². The zero-order valence-corrected chi connectivity index (χ0v) is 17.1. The van der Waals surface area contributed by atoms with Crippen molar-refractivity contribution in [3.05, 3.63) is 35.9 Å². The Bertz CT molecular complexity index is 649. The number of aliphatic imine (C=N–C) groups is 2. The molecule has 3 rings (SSSR count). The molecule has 2 heterocycles. The Kier molecular flexibility index (Phi) is 6.89. The highest BCUT2D eigenvalue weighted by molar-refractivity contribution is 5.94. The zero-order valence-electron chi connectivity index (χ0n) is 17.1. The van der Waals surface area contributed by atoms with Crippen LogP contribution in [-0.2, 0) is 16.0 Å². The first-order valence-electron chi connectivity index (χ1n) is 10.1. The first kappa shape index (κ1) is 19.9. The number of ether oxygens (including phenoxy) is 2. The number of benzene rings is 1. The van der Waals surface area contributed by atoms with Gasteiger partial charge in [-0.3, -0.25) is 4.90 Å². The molecule has 5 heteroatoms. The van der Waals surface area contributed by atoms with Crippen LogP contribution in [0.5, 0.6) is 0 Å². The van der Waals surface area contributed by atoms with Crippen LogP contribution in [0.1, 0.15) is 38.7 Å². The lowest BCUT2D eigenvalue weighted by atomic mass is 9.89. The number of likely N-dealkylation sites (tertiary alicyclic amines) is 1. The molecule has 0 aromatic heterocycles. The highest BCUT2D eigenvalue weighted by Gasteiger charge is 2.33. The summed E-state index contributed by atoms with van der Waals surface area (Å²) >= 11 is 0. The van der Waals surface area contributed by atoms with E-state index in [-0.39, 0.29) is 12.1 Å². The van der Waals surface area contributed by atoms with Gasteiger partial charge in [-0.25, -0.2) is 9.98 Å². The van der Waals surface area contributed by atoms with Gasteiger partial charge in [-0.15, -0.1) is 0 Å². The molecule has 1 aromatic rings. The Balaban J connectivity index is 1.56. The Morgan fingerprint density at radius 2 is 1.67 bits per heavy atom. The average molecular weight is 372 g/mol. The molecule has 1 fully saturated rings. The van der Waals surface area contributed by atoms with Crippen LogP contribution in [-0.4, -0.2) is 56.1 Å². The number of hydrogen-bond acceptors (Lipinski definition) is 5. The first-order valence-corrected chi connectivity index (χ1v) is 10.1. The van der Waals surface area contributed by atoms with E-state index in [0.29, 0.717) is 11.8 Å². The molecule has 148 valence electrons. The largest absolute Gasteiger partial charge is 0.483 e. The van der Waals surface area contributed by atoms with Crippen LogP contribution in [0.4, 0.5) is 0 Å². The van der Waals surface area contributed by atoms with Crippen LogP contribution in [0.25, 0.3) is 0 Å². The summed E-state index contributed by atoms with van der Waals surface area (Å²) < 4.78 is 11.1. The summed E-state index contributed by atoms with van der Waals surface area (Å²) in [6.07, 6.45) is 3.39. The molecule has 0 spiro atoms. The topological polar surface area (TPSA) is 46.4 Å². The van der Waals surface area contributed by atoms with E-state index in [1.807, 2.05) is 0 Å². The second-order valence-corrected chi connectivity index (χ2v) is 7.99. The Labute approximate surface area is 163 Å². The quantitative estimate of drug-likeness (QED) is 0.791. The predicted molar refractivity (Wildman–Crippen MR) is 110 cm³/mol. The third kappa shape index (κ3) is 5.10. The van der Waals surface area contributed by atoms with E-state index >= 15 is 0 Å². The fourth-order valence-corrected chi connectivity index (χ4v) is 4.05. The van der Waals surface area contributed by atoms with Crippen molar-refractivity contribution in [3.8, 4) is 0 Å². The second-order valence-electron chi connectivity index (χ2n) is 7.99. The molecule has 0 unspecified atom stereocenters. The van der Waals surface area contributed by atoms with Gasteiger partial charge in [0.05, 0.1) is 14.2 Å². The summed E-state index contributed by atoms with van der Waals surface area (Å²) in [7, 11) is 3.40. The number of hydrogen-bond donors (Lipinski definition) is 0. The third-order valence-corrected chi connectivity index (χ3v) is 5.65. The minimum absolute atomic E-state index is 0.00868. The summed E-state index contributed by atoms with van der Waals surface area (Å²) in [4.78, 5) is 12.2. The van der Waals surface area contributed by atoms with Gasteiger partial charge in [0.2, 0.25) is 11.8 Å². The van der Waals surface area contributed by atoms with Gasteiger partial charge in [-0.05, 0) is 49.8 Å². The number of methoxy groups -OCH3 is 2. The lowest BCUT2D eigenvalue weighted by Gasteiger charge is -2.34. The van der Waals surface area contributed by atoms with E-state index < -0.39 is 0 Å². The summed E-state index contributed by atoms with van der Waals surface area (Å²) in [6, 6.07) is 10.7. The minimum atomic E-state index is -0.0334. The van der Waals surface area contributed by atoms with Crippen LogP contribution in [0.3, 0.4) is 0 Å². The molecule has 1 saturated heterocycles. The monoisotopic (exact) mass is 371 g/mol. The van der Waals surface area contributed by atoms with Crippen LogP contribution in [0.2, 0.25) is 0 Å². The smallest absolute Gasteiger partial charge is 0.209 e. The standard InChI is InChI=1S/C22H33N3O2/c1-16(2)20-22(27-4)23-19(21(24-20)26-3)14-17-10-12-25(13-11-17)15-18-8-6-5-7-9-18/h5-9,16-17,19-20H,10-15H2,1-4H3/t19-,20+/m0/s1. The SMILES string of the molecule is COC1=N[C@H](C(C)C)C(OC)=N[C@H]1CC1CCN(Cc2ccccc2)CC1. The molecular weight excluding hydrogens is 338 g/mol. The molecule has 27 heavy (non-hydrogen) atoms. The van der Waals surface area contributed by atoms with Gasteiger partial charge in [0, 0.05) is 6.54 Å². The molecule has 0 bridgehead atoms. The van der Waals surface area contributed by atoms with Gasteiger partial charge in [0.1, 0.15) is 12.1 Å². The van der Waals surface area contributed by atoms with E-state index in [1.54, 1.807) is 14.2 Å². The number of piperidine rings is 1. The highest BCUT2D eigenvalue weighted by Crippen LogP contribution is 2.27. The summed E-state index contributed by atoms with van der Waals surface area (Å²) in [6.45, 7) is 7.60. The lowest BCUT2D eigenvalue weighted by molar-refractivity contribution is 0.169. The Morgan fingerprint density at radius 3 is 2.26 bits per heavy atom. The van der Waals surface area contributed by atoms with Crippen molar-refractivity contribution < 1.29 is 9.47 Å². The van der Waals surface area contributed by atoms with Gasteiger partial charge < -0.3 is 9.47 Å². The van der Waals surface area contributed by atoms with E-state index in [0.717, 1.165) is 37.9 Å². The lowest BCUT2D eigenvalue weighted by Crippen LogP contribution is -2.40. The van der Waals surface area contributed by atoms with Crippen molar-refractivity contribution >= 4 is 11.8 Å². The first-order chi connectivity index (χ1) is 13.1. The van der Waals surface area contributed by atoms with Gasteiger partial charge in [-0.2, -0.15) is 0 Å². The van der Waals surface area contributed by atoms with Crippen molar-refractivity contribution in [3.63, 3.8) is 0 Å². The van der Waals surface area contributed by atoms with Crippen LogP contribution in [0, 0.1) is 11.8 Å². The molecule has 1 aromatic carbocycles. The molecule has 0 amide bonds. The predicted octanol–water partition coefficient (Wildman–Crippen LogP) is 3.79. The second kappa shape index (κ2) is 9.36. The summed E-state index contributed by atoms with van der Waals surface area (Å²) in [5.74, 6) is 2.51. The molecule has 2 aliphatic rings. The maximum absolute atomic E-state index is 5.60. The molecule has 2 aliphatic heterocycles. The minimum Gasteiger partial charge on any atom is -0.483 e. The molecular formula is C22H33N3O2. The van der Waals surface area contributed by atoms with Gasteiger partial charge >= 0.3 is 0 Å². The van der Waals surface area contributed by atoms with Crippen molar-refractivity contribution in [2.75, 3.05) is 27.3 Å². The maximum atomic E-state index is 5.60. The fourth-order valence-electron chi connectivity index (χ4n) is 4.05. The molecule has 0 aliphatic carbocycles. The molecule has 2 atom stereocenters. The average Bonchev–Trinajstić information content (AvgIpc) is 2.69. The van der Waals surface area contributed by atoms with Gasteiger partial charge in [-0.1, -0.05) is 44.2 Å². The van der Waals surface area contributed by atoms with Gasteiger partial charge in [0.15, 0.2) is 0 Å². The van der Waals surface area contributed by atoms with E-state index in [2.05, 4.69) is 49.1 Å². The molecule has 0 radical (unpaired) electrons. The Hall–Kier alpha value is -1.88. The Morgan fingerprint density at radius 1 is 1.00 bits per heavy atom. The normalized spacial score (nSPS) is 24.5. The fraction of sp³-hybridized carbons (Fsp3) is 0.636. The molecule has 5 nitrogen and oxygen atoms in total. The molecule has 0 saturated carbocycles. The molecule has 0 N–H and O–H groups in total. The van der Waals surface area contributed by atoms with E-state index in [1.165, 1.54) is 18.4 Å². The van der Waals surface area contributed by atoms with Crippen LogP contribution < -0.4 is 0 Å². The third-order valence-electron chi connectivity index (χ3n) is 5.65. The van der Waals surface area contributed by atoms with Crippen molar-refractivity contribution in [2.45, 2.75) is 51.7 Å². The zero-order chi connectivity index (χ0) is 19.2. The van der Waals surface area contributed by atoms with E-state index in [4.69, 9.17) is 19.5 Å². The van der Waals surface area contributed by atoms with Crippen molar-refractivity contribution in [1.82, 2.24) is 4.90 Å². The highest BCUT2D eigenvalue weighted by atomic mass is 16.5. The van der Waals surface area contributed by atoms with Crippen LogP contribution in [0.15, 0.2) is 40.3 Å².